The number of unbranched alkanes of at least 4 members (excludes halogenated alkanes) is 1. The molecule has 5 atom stereocenters. The van der Waals surface area contributed by atoms with Gasteiger partial charge in [0, 0.05) is 4.91 Å². The van der Waals surface area contributed by atoms with E-state index in [4.69, 9.17) is 20.1 Å². The van der Waals surface area contributed by atoms with E-state index in [0.717, 1.165) is 6.42 Å². The molecular weight excluding hydrogens is 254 g/mol. The largest absolute Gasteiger partial charge is 0.394 e. The van der Waals surface area contributed by atoms with Gasteiger partial charge in [-0.15, -0.1) is 6.58 Å². The molecule has 0 unspecified atom stereocenters. The molecule has 108 valence electrons. The van der Waals surface area contributed by atoms with Gasteiger partial charge in [0.25, 0.3) is 0 Å². The Morgan fingerprint density at radius 1 is 1.42 bits per heavy atom. The first-order valence-electron chi connectivity index (χ1n) is 6.04. The maximum Gasteiger partial charge on any atom is 0.169 e. The Kier molecular flexibility index (Phi) is 6.79. The molecule has 1 saturated heterocycles. The molecule has 0 aromatic heterocycles. The third-order valence-corrected chi connectivity index (χ3v) is 2.87. The van der Waals surface area contributed by atoms with Gasteiger partial charge in [0.1, 0.15) is 18.2 Å². The van der Waals surface area contributed by atoms with Gasteiger partial charge in [-0.05, 0) is 18.4 Å². The van der Waals surface area contributed by atoms with Gasteiger partial charge in [-0.1, -0.05) is 11.2 Å². The van der Waals surface area contributed by atoms with E-state index >= 15 is 0 Å². The molecule has 0 spiro atoms. The second-order valence-electron chi connectivity index (χ2n) is 4.20. The number of rotatable bonds is 7. The summed E-state index contributed by atoms with van der Waals surface area (Å²) >= 11 is 0. The Balaban J connectivity index is 2.66. The van der Waals surface area contributed by atoms with Gasteiger partial charge in [0.05, 0.1) is 19.3 Å². The van der Waals surface area contributed by atoms with Gasteiger partial charge < -0.3 is 24.8 Å². The molecule has 19 heavy (non-hydrogen) atoms. The van der Waals surface area contributed by atoms with Gasteiger partial charge in [0.15, 0.2) is 6.29 Å². The summed E-state index contributed by atoms with van der Waals surface area (Å²) in [4.78, 5) is 2.60. The zero-order valence-electron chi connectivity index (χ0n) is 10.5. The number of allylic oxidation sites excluding steroid dienone is 1. The van der Waals surface area contributed by atoms with E-state index in [2.05, 4.69) is 16.6 Å². The highest BCUT2D eigenvalue weighted by Crippen LogP contribution is 2.24. The van der Waals surface area contributed by atoms with Crippen molar-refractivity contribution in [3.63, 3.8) is 0 Å². The number of ether oxygens (including phenoxy) is 2. The molecular formula is C11H19N3O5. The zero-order chi connectivity index (χ0) is 14.3. The smallest absolute Gasteiger partial charge is 0.169 e. The van der Waals surface area contributed by atoms with E-state index in [-0.39, 0.29) is 0 Å². The standard InChI is InChI=1S/C11H19N3O5/c1-2-3-4-5-18-11-8(13-14-12)10(17)9(16)7(6-15)19-11/h2,7-11,15-17H,1,3-6H2/t7-,8-,9-,10-,11+/m1/s1. The van der Waals surface area contributed by atoms with E-state index in [1.807, 2.05) is 0 Å². The van der Waals surface area contributed by atoms with Crippen LogP contribution in [0.2, 0.25) is 0 Å². The number of aliphatic hydroxyl groups is 3. The summed E-state index contributed by atoms with van der Waals surface area (Å²) in [6, 6.07) is -1.05. The van der Waals surface area contributed by atoms with Crippen molar-refractivity contribution in [2.75, 3.05) is 13.2 Å². The van der Waals surface area contributed by atoms with E-state index in [1.165, 1.54) is 0 Å². The monoisotopic (exact) mass is 273 g/mol. The fourth-order valence-electron chi connectivity index (χ4n) is 1.81. The summed E-state index contributed by atoms with van der Waals surface area (Å²) < 4.78 is 10.7. The van der Waals surface area contributed by atoms with Crippen molar-refractivity contribution in [3.05, 3.63) is 23.1 Å². The summed E-state index contributed by atoms with van der Waals surface area (Å²) in [6.07, 6.45) is -1.42. The predicted molar refractivity (Wildman–Crippen MR) is 66.1 cm³/mol. The van der Waals surface area contributed by atoms with Gasteiger partial charge in [-0.25, -0.2) is 0 Å². The van der Waals surface area contributed by atoms with Gasteiger partial charge in [0.2, 0.25) is 0 Å². The number of nitrogens with zero attached hydrogens (tertiary/aromatic N) is 3. The Hall–Kier alpha value is -1.15. The number of aliphatic hydroxyl groups excluding tert-OH is 3. The molecule has 0 aromatic rings. The Morgan fingerprint density at radius 3 is 2.74 bits per heavy atom. The minimum absolute atomic E-state index is 0.328. The summed E-state index contributed by atoms with van der Waals surface area (Å²) in [6.45, 7) is 3.44. The van der Waals surface area contributed by atoms with E-state index < -0.39 is 37.3 Å². The molecule has 0 saturated carbocycles. The zero-order valence-corrected chi connectivity index (χ0v) is 10.5. The highest BCUT2D eigenvalue weighted by atomic mass is 16.7. The second-order valence-corrected chi connectivity index (χ2v) is 4.20. The average Bonchev–Trinajstić information content (AvgIpc) is 2.42. The Labute approximate surface area is 110 Å². The first kappa shape index (κ1) is 15.9. The van der Waals surface area contributed by atoms with Crippen molar-refractivity contribution >= 4 is 0 Å². The Morgan fingerprint density at radius 2 is 2.16 bits per heavy atom. The number of azide groups is 1. The summed E-state index contributed by atoms with van der Waals surface area (Å²) in [5.41, 5.74) is 8.46. The molecule has 0 aromatic carbocycles. The van der Waals surface area contributed by atoms with Crippen LogP contribution in [0.1, 0.15) is 12.8 Å². The molecule has 8 nitrogen and oxygen atoms in total. The fraction of sp³-hybridized carbons (Fsp3) is 0.818. The lowest BCUT2D eigenvalue weighted by molar-refractivity contribution is -0.265. The van der Waals surface area contributed by atoms with Crippen LogP contribution in [0.5, 0.6) is 0 Å². The molecule has 0 radical (unpaired) electrons. The molecule has 3 N–H and O–H groups in total. The van der Waals surface area contributed by atoms with Crippen LogP contribution >= 0.6 is 0 Å². The molecule has 1 fully saturated rings. The summed E-state index contributed by atoms with van der Waals surface area (Å²) in [5, 5.41) is 32.0. The molecule has 8 heteroatoms. The molecule has 0 amide bonds. The minimum Gasteiger partial charge on any atom is -0.394 e. The van der Waals surface area contributed by atoms with Crippen molar-refractivity contribution in [2.45, 2.75) is 43.5 Å². The molecule has 0 bridgehead atoms. The first-order valence-corrected chi connectivity index (χ1v) is 6.04. The molecule has 1 rings (SSSR count). The van der Waals surface area contributed by atoms with E-state index in [9.17, 15) is 10.2 Å². The second kappa shape index (κ2) is 8.11. The Bertz CT molecular complexity index is 334. The number of hydrogen-bond acceptors (Lipinski definition) is 6. The van der Waals surface area contributed by atoms with E-state index in [0.29, 0.717) is 13.0 Å². The van der Waals surface area contributed by atoms with Gasteiger partial charge in [-0.3, -0.25) is 0 Å². The third-order valence-electron chi connectivity index (χ3n) is 2.87. The van der Waals surface area contributed by atoms with Crippen LogP contribution in [0.3, 0.4) is 0 Å². The lowest BCUT2D eigenvalue weighted by Crippen LogP contribution is -2.58. The van der Waals surface area contributed by atoms with Crippen LogP contribution in [0.15, 0.2) is 17.8 Å². The topological polar surface area (TPSA) is 128 Å². The van der Waals surface area contributed by atoms with Gasteiger partial charge in [-0.2, -0.15) is 0 Å². The first-order chi connectivity index (χ1) is 9.15. The quantitative estimate of drug-likeness (QED) is 0.199. The maximum absolute atomic E-state index is 9.84. The van der Waals surface area contributed by atoms with Crippen LogP contribution < -0.4 is 0 Å². The third kappa shape index (κ3) is 4.17. The van der Waals surface area contributed by atoms with Crippen LogP contribution in [0.4, 0.5) is 0 Å². The lowest BCUT2D eigenvalue weighted by Gasteiger charge is -2.40. The maximum atomic E-state index is 9.84. The average molecular weight is 273 g/mol. The van der Waals surface area contributed by atoms with Crippen molar-refractivity contribution in [1.29, 1.82) is 0 Å². The molecule has 1 heterocycles. The van der Waals surface area contributed by atoms with Gasteiger partial charge >= 0.3 is 0 Å². The van der Waals surface area contributed by atoms with Crippen LogP contribution in [-0.2, 0) is 9.47 Å². The molecule has 1 aliphatic rings. The SMILES string of the molecule is C=CCCCO[C@H]1O[C@H](CO)[C@@H](O)[C@H](O)[C@H]1N=[N+]=[N-]. The van der Waals surface area contributed by atoms with Crippen LogP contribution in [0.25, 0.3) is 10.4 Å². The summed E-state index contributed by atoms with van der Waals surface area (Å²) in [7, 11) is 0. The van der Waals surface area contributed by atoms with Crippen molar-refractivity contribution in [1.82, 2.24) is 0 Å². The fourth-order valence-corrected chi connectivity index (χ4v) is 1.81. The van der Waals surface area contributed by atoms with Crippen molar-refractivity contribution in [2.24, 2.45) is 5.11 Å². The lowest BCUT2D eigenvalue weighted by atomic mass is 9.98. The highest BCUT2D eigenvalue weighted by Gasteiger charge is 2.44. The molecule has 0 aliphatic carbocycles. The highest BCUT2D eigenvalue weighted by molar-refractivity contribution is 4.93. The van der Waals surface area contributed by atoms with Crippen LogP contribution in [-0.4, -0.2) is 59.2 Å². The molecule has 1 aliphatic heterocycles. The predicted octanol–water partition coefficient (Wildman–Crippen LogP) is 0.0871. The normalized spacial score (nSPS) is 34.6. The van der Waals surface area contributed by atoms with Crippen molar-refractivity contribution in [3.8, 4) is 0 Å². The van der Waals surface area contributed by atoms with E-state index in [1.54, 1.807) is 6.08 Å². The number of hydrogen-bond donors (Lipinski definition) is 3. The summed E-state index contributed by atoms with van der Waals surface area (Å²) in [5.74, 6) is 0. The van der Waals surface area contributed by atoms with Crippen molar-refractivity contribution < 1.29 is 24.8 Å². The minimum atomic E-state index is -1.34. The van der Waals surface area contributed by atoms with Crippen LogP contribution in [0, 0.1) is 0 Å².